The highest BCUT2D eigenvalue weighted by Crippen LogP contribution is 1.79. The fourth-order valence-electron chi connectivity index (χ4n) is 0.301. The van der Waals surface area contributed by atoms with Gasteiger partial charge in [-0.1, -0.05) is 18.2 Å². The van der Waals surface area contributed by atoms with Crippen molar-refractivity contribution in [1.29, 1.82) is 0 Å². The van der Waals surface area contributed by atoms with E-state index in [2.05, 4.69) is 6.58 Å². The Morgan fingerprint density at radius 3 is 2.25 bits per heavy atom. The lowest BCUT2D eigenvalue weighted by molar-refractivity contribution is 1.03. The molecule has 0 spiro atoms. The predicted molar refractivity (Wildman–Crippen MR) is 40.2 cm³/mol. The first-order valence-electron chi connectivity index (χ1n) is 2.32. The summed E-state index contributed by atoms with van der Waals surface area (Å²) in [5, 5.41) is 0. The molecule has 0 saturated heterocycles. The number of hydrogen-bond donors (Lipinski definition) is 1. The topological polar surface area (TPSA) is 26.0 Å². The maximum atomic E-state index is 5.38. The highest BCUT2D eigenvalue weighted by Gasteiger charge is 1.80. The lowest BCUT2D eigenvalue weighted by Crippen LogP contribution is -2.11. The van der Waals surface area contributed by atoms with E-state index in [1.807, 2.05) is 19.1 Å². The smallest absolute Gasteiger partial charge is 0.0407 e. The molecular weight excluding hydrogens is 122 g/mol. The average Bonchev–Trinajstić information content (AvgIpc) is 1.68. The molecule has 1 unspecified atom stereocenters. The molecule has 48 valence electrons. The van der Waals surface area contributed by atoms with Crippen LogP contribution in [0.3, 0.4) is 0 Å². The van der Waals surface area contributed by atoms with Crippen LogP contribution in [0.5, 0.6) is 0 Å². The van der Waals surface area contributed by atoms with Crippen LogP contribution < -0.4 is 5.73 Å². The second-order valence-electron chi connectivity index (χ2n) is 1.34. The zero-order valence-electron chi connectivity index (χ0n) is 5.00. The Balaban J connectivity index is 0. The molecule has 2 N–H and O–H groups in total. The van der Waals surface area contributed by atoms with Gasteiger partial charge in [-0.05, 0) is 6.92 Å². The Kier molecular flexibility index (Phi) is 8.97. The molecule has 1 atom stereocenters. The highest BCUT2D eigenvalue weighted by molar-refractivity contribution is 5.85. The van der Waals surface area contributed by atoms with Gasteiger partial charge in [0.1, 0.15) is 0 Å². The zero-order chi connectivity index (χ0) is 5.70. The second kappa shape index (κ2) is 6.73. The minimum absolute atomic E-state index is 0. The quantitative estimate of drug-likeness (QED) is 0.568. The predicted octanol–water partition coefficient (Wildman–Crippen LogP) is 1.50. The molecular formula is C6H12ClN. The first kappa shape index (κ1) is 10.7. The maximum Gasteiger partial charge on any atom is 0.0407 e. The minimum Gasteiger partial charge on any atom is -0.321 e. The molecule has 2 heteroatoms. The Morgan fingerprint density at radius 2 is 2.12 bits per heavy atom. The number of halogens is 1. The fourth-order valence-corrected chi connectivity index (χ4v) is 0.301. The number of allylic oxidation sites excluding steroid dienone is 1. The molecule has 0 bridgehead atoms. The molecule has 0 radical (unpaired) electrons. The summed E-state index contributed by atoms with van der Waals surface area (Å²) in [6, 6.07) is 0.0324. The monoisotopic (exact) mass is 133 g/mol. The molecule has 0 fully saturated rings. The first-order chi connectivity index (χ1) is 3.31. The van der Waals surface area contributed by atoms with Gasteiger partial charge in [0.15, 0.2) is 0 Å². The molecule has 0 aromatic heterocycles. The van der Waals surface area contributed by atoms with Crippen molar-refractivity contribution in [2.45, 2.75) is 13.0 Å². The van der Waals surface area contributed by atoms with Crippen LogP contribution in [-0.4, -0.2) is 6.04 Å². The normalized spacial score (nSPS) is 12.8. The van der Waals surface area contributed by atoms with Gasteiger partial charge < -0.3 is 5.73 Å². The van der Waals surface area contributed by atoms with Crippen LogP contribution in [0.1, 0.15) is 6.92 Å². The first-order valence-corrected chi connectivity index (χ1v) is 2.32. The molecule has 0 amide bonds. The summed E-state index contributed by atoms with van der Waals surface area (Å²) >= 11 is 0. The van der Waals surface area contributed by atoms with Crippen molar-refractivity contribution < 1.29 is 0 Å². The van der Waals surface area contributed by atoms with Gasteiger partial charge in [-0.15, -0.1) is 19.0 Å². The minimum atomic E-state index is 0. The standard InChI is InChI=1S/C6H11N.ClH/c1-3-5-6(7)4-2;/h3-6H,2,7H2,1H3;1H. The van der Waals surface area contributed by atoms with E-state index in [1.165, 1.54) is 0 Å². The van der Waals surface area contributed by atoms with Crippen LogP contribution in [0.2, 0.25) is 0 Å². The fraction of sp³-hybridized carbons (Fsp3) is 0.333. The van der Waals surface area contributed by atoms with Crippen LogP contribution >= 0.6 is 12.4 Å². The van der Waals surface area contributed by atoms with Gasteiger partial charge in [0, 0.05) is 6.04 Å². The summed E-state index contributed by atoms with van der Waals surface area (Å²) < 4.78 is 0. The van der Waals surface area contributed by atoms with E-state index < -0.39 is 0 Å². The molecule has 0 saturated carbocycles. The Labute approximate surface area is 56.7 Å². The Bertz CT molecular complexity index is 78.6. The summed E-state index contributed by atoms with van der Waals surface area (Å²) in [5.41, 5.74) is 5.38. The van der Waals surface area contributed by atoms with Crippen molar-refractivity contribution in [3.05, 3.63) is 24.8 Å². The van der Waals surface area contributed by atoms with Gasteiger partial charge in [-0.3, -0.25) is 0 Å². The van der Waals surface area contributed by atoms with Gasteiger partial charge in [-0.25, -0.2) is 0 Å². The number of rotatable bonds is 2. The summed E-state index contributed by atoms with van der Waals surface area (Å²) in [4.78, 5) is 0. The lowest BCUT2D eigenvalue weighted by Gasteiger charge is -1.91. The van der Waals surface area contributed by atoms with Gasteiger partial charge >= 0.3 is 0 Å². The molecule has 0 rings (SSSR count). The third-order valence-corrected chi connectivity index (χ3v) is 0.687. The summed E-state index contributed by atoms with van der Waals surface area (Å²) in [6.45, 7) is 5.44. The van der Waals surface area contributed by atoms with Crippen molar-refractivity contribution in [1.82, 2.24) is 0 Å². The van der Waals surface area contributed by atoms with Crippen molar-refractivity contribution in [2.24, 2.45) is 5.73 Å². The summed E-state index contributed by atoms with van der Waals surface area (Å²) in [5.74, 6) is 0. The third-order valence-electron chi connectivity index (χ3n) is 0.687. The van der Waals surface area contributed by atoms with Crippen molar-refractivity contribution in [3.8, 4) is 0 Å². The van der Waals surface area contributed by atoms with E-state index in [9.17, 15) is 0 Å². The SMILES string of the molecule is C=CC(N)C=CC.Cl. The highest BCUT2D eigenvalue weighted by atomic mass is 35.5. The number of nitrogens with two attached hydrogens (primary N) is 1. The molecule has 0 aliphatic rings. The van der Waals surface area contributed by atoms with Crippen LogP contribution in [0, 0.1) is 0 Å². The zero-order valence-corrected chi connectivity index (χ0v) is 5.82. The van der Waals surface area contributed by atoms with E-state index in [0.29, 0.717) is 0 Å². The van der Waals surface area contributed by atoms with Crippen LogP contribution in [0.4, 0.5) is 0 Å². The third kappa shape index (κ3) is 5.73. The molecule has 0 aliphatic heterocycles. The van der Waals surface area contributed by atoms with Gasteiger partial charge in [0.25, 0.3) is 0 Å². The molecule has 8 heavy (non-hydrogen) atoms. The molecule has 0 aromatic carbocycles. The summed E-state index contributed by atoms with van der Waals surface area (Å²) in [7, 11) is 0. The molecule has 0 aromatic rings. The van der Waals surface area contributed by atoms with E-state index in [0.717, 1.165) is 0 Å². The second-order valence-corrected chi connectivity index (χ2v) is 1.34. The van der Waals surface area contributed by atoms with Gasteiger partial charge in [0.2, 0.25) is 0 Å². The van der Waals surface area contributed by atoms with Crippen LogP contribution in [0.15, 0.2) is 24.8 Å². The average molecular weight is 134 g/mol. The van der Waals surface area contributed by atoms with Crippen LogP contribution in [-0.2, 0) is 0 Å². The Morgan fingerprint density at radius 1 is 1.62 bits per heavy atom. The summed E-state index contributed by atoms with van der Waals surface area (Å²) in [6.07, 6.45) is 5.49. The van der Waals surface area contributed by atoms with Crippen LogP contribution in [0.25, 0.3) is 0 Å². The Hall–Kier alpha value is -0.270. The van der Waals surface area contributed by atoms with Crippen molar-refractivity contribution >= 4 is 12.4 Å². The van der Waals surface area contributed by atoms with Crippen molar-refractivity contribution in [2.75, 3.05) is 0 Å². The van der Waals surface area contributed by atoms with Gasteiger partial charge in [-0.2, -0.15) is 0 Å². The van der Waals surface area contributed by atoms with Gasteiger partial charge in [0.05, 0.1) is 0 Å². The lowest BCUT2D eigenvalue weighted by atomic mass is 10.3. The maximum absolute atomic E-state index is 5.38. The largest absolute Gasteiger partial charge is 0.321 e. The van der Waals surface area contributed by atoms with E-state index in [-0.39, 0.29) is 18.4 Å². The molecule has 0 aliphatic carbocycles. The van der Waals surface area contributed by atoms with E-state index >= 15 is 0 Å². The van der Waals surface area contributed by atoms with E-state index in [4.69, 9.17) is 5.73 Å². The van der Waals surface area contributed by atoms with Crippen molar-refractivity contribution in [3.63, 3.8) is 0 Å². The molecule has 0 heterocycles. The molecule has 1 nitrogen and oxygen atoms in total. The van der Waals surface area contributed by atoms with E-state index in [1.54, 1.807) is 6.08 Å². The number of hydrogen-bond acceptors (Lipinski definition) is 1.